The Hall–Kier alpha value is -1.43. The maximum absolute atomic E-state index is 4.69. The standard InChI is InChI=1S/C5H3N5S/c11-3-4-1-2-5-6-8-9-10(5)7-4/h1-3H. The molecular formula is C5H3N5S. The van der Waals surface area contributed by atoms with Gasteiger partial charge in [-0.2, -0.15) is 0 Å². The van der Waals surface area contributed by atoms with Gasteiger partial charge in [-0.25, -0.2) is 0 Å². The molecule has 11 heavy (non-hydrogen) atoms. The molecule has 0 unspecified atom stereocenters. The molecule has 0 saturated heterocycles. The number of rotatable bonds is 1. The highest BCUT2D eigenvalue weighted by atomic mass is 32.1. The molecule has 2 rings (SSSR count). The van der Waals surface area contributed by atoms with E-state index in [0.717, 1.165) is 0 Å². The smallest absolute Gasteiger partial charge is 0.147 e. The minimum atomic E-state index is 0.616. The van der Waals surface area contributed by atoms with Crippen LogP contribution in [0.2, 0.25) is 0 Å². The topological polar surface area (TPSA) is 56.0 Å². The van der Waals surface area contributed by atoms with Crippen LogP contribution < -0.4 is 0 Å². The number of thiocarbonyl (C=S) groups is 1. The number of aromatic nitrogens is 5. The molecule has 54 valence electrons. The van der Waals surface area contributed by atoms with Crippen LogP contribution in [0.5, 0.6) is 0 Å². The van der Waals surface area contributed by atoms with Crippen LogP contribution in [0.4, 0.5) is 0 Å². The molecule has 0 N–H and O–H groups in total. The molecule has 0 amide bonds. The van der Waals surface area contributed by atoms with Gasteiger partial charge in [-0.1, -0.05) is 12.2 Å². The van der Waals surface area contributed by atoms with Gasteiger partial charge >= 0.3 is 0 Å². The fraction of sp³-hybridized carbons (Fsp3) is 0. The van der Waals surface area contributed by atoms with Crippen molar-refractivity contribution >= 4 is 23.2 Å². The van der Waals surface area contributed by atoms with E-state index >= 15 is 0 Å². The predicted molar refractivity (Wildman–Crippen MR) is 41.3 cm³/mol. The lowest BCUT2D eigenvalue weighted by Gasteiger charge is -1.88. The number of nitrogens with zero attached hydrogens (tertiary/aromatic N) is 5. The molecule has 2 heterocycles. The van der Waals surface area contributed by atoms with Crippen molar-refractivity contribution in [1.29, 1.82) is 0 Å². The second-order valence-corrected chi connectivity index (χ2v) is 2.14. The second kappa shape index (κ2) is 2.31. The van der Waals surface area contributed by atoms with Crippen molar-refractivity contribution in [2.24, 2.45) is 0 Å². The lowest BCUT2D eigenvalue weighted by Crippen LogP contribution is -1.97. The molecule has 2 aromatic rings. The van der Waals surface area contributed by atoms with Crippen molar-refractivity contribution in [3.63, 3.8) is 0 Å². The molecule has 0 aromatic carbocycles. The quantitative estimate of drug-likeness (QED) is 0.551. The van der Waals surface area contributed by atoms with Crippen LogP contribution in [0.1, 0.15) is 5.69 Å². The van der Waals surface area contributed by atoms with E-state index in [1.807, 2.05) is 0 Å². The Balaban J connectivity index is 2.76. The fourth-order valence-electron chi connectivity index (χ4n) is 0.726. The Kier molecular flexibility index (Phi) is 1.32. The zero-order chi connectivity index (χ0) is 7.68. The third kappa shape index (κ3) is 0.966. The Morgan fingerprint density at radius 2 is 2.36 bits per heavy atom. The third-order valence-corrected chi connectivity index (χ3v) is 1.45. The van der Waals surface area contributed by atoms with Crippen molar-refractivity contribution < 1.29 is 0 Å². The monoisotopic (exact) mass is 165 g/mol. The van der Waals surface area contributed by atoms with Gasteiger partial charge < -0.3 is 0 Å². The van der Waals surface area contributed by atoms with Gasteiger partial charge in [-0.15, -0.1) is 14.8 Å². The van der Waals surface area contributed by atoms with Crippen molar-refractivity contribution in [3.8, 4) is 0 Å². The number of fused-ring (bicyclic) bond motifs is 1. The van der Waals surface area contributed by atoms with Gasteiger partial charge in [-0.05, 0) is 22.6 Å². The zero-order valence-electron chi connectivity index (χ0n) is 5.38. The minimum Gasteiger partial charge on any atom is -0.147 e. The molecule has 0 atom stereocenters. The van der Waals surface area contributed by atoms with E-state index in [1.54, 1.807) is 12.1 Å². The molecule has 0 aliphatic rings. The number of hydrogen-bond acceptors (Lipinski definition) is 5. The first-order valence-electron chi connectivity index (χ1n) is 2.91. The Morgan fingerprint density at radius 1 is 1.45 bits per heavy atom. The van der Waals surface area contributed by atoms with Crippen LogP contribution in [-0.4, -0.2) is 30.6 Å². The average Bonchev–Trinajstić information content (AvgIpc) is 2.50. The summed E-state index contributed by atoms with van der Waals surface area (Å²) in [6.07, 6.45) is 0. The number of tetrazole rings is 1. The van der Waals surface area contributed by atoms with Gasteiger partial charge in [0.25, 0.3) is 0 Å². The summed E-state index contributed by atoms with van der Waals surface area (Å²) in [4.78, 5) is 0. The highest BCUT2D eigenvalue weighted by Gasteiger charge is 1.96. The van der Waals surface area contributed by atoms with E-state index in [-0.39, 0.29) is 0 Å². The summed E-state index contributed by atoms with van der Waals surface area (Å²) >= 11 is 4.69. The summed E-state index contributed by atoms with van der Waals surface area (Å²) in [7, 11) is 0. The van der Waals surface area contributed by atoms with Crippen LogP contribution >= 0.6 is 12.2 Å². The van der Waals surface area contributed by atoms with Crippen LogP contribution in [0.15, 0.2) is 12.1 Å². The molecule has 0 bridgehead atoms. The largest absolute Gasteiger partial charge is 0.200 e. The van der Waals surface area contributed by atoms with E-state index in [4.69, 9.17) is 0 Å². The fourth-order valence-corrected chi connectivity index (χ4v) is 0.852. The van der Waals surface area contributed by atoms with Crippen LogP contribution in [0.3, 0.4) is 0 Å². The molecule has 0 spiro atoms. The maximum atomic E-state index is 4.69. The molecule has 0 aliphatic carbocycles. The zero-order valence-corrected chi connectivity index (χ0v) is 6.19. The molecule has 0 fully saturated rings. The predicted octanol–water partition coefficient (Wildman–Crippen LogP) is -0.133. The summed E-state index contributed by atoms with van der Waals surface area (Å²) in [6.45, 7) is 0. The van der Waals surface area contributed by atoms with Gasteiger partial charge in [-0.3, -0.25) is 0 Å². The van der Waals surface area contributed by atoms with Crippen molar-refractivity contribution in [3.05, 3.63) is 17.8 Å². The van der Waals surface area contributed by atoms with Gasteiger partial charge in [0.1, 0.15) is 0 Å². The summed E-state index contributed by atoms with van der Waals surface area (Å²) in [5, 5.41) is 16.2. The van der Waals surface area contributed by atoms with Crippen LogP contribution in [0.25, 0.3) is 5.65 Å². The molecule has 0 aliphatic heterocycles. The third-order valence-electron chi connectivity index (χ3n) is 1.21. The summed E-state index contributed by atoms with van der Waals surface area (Å²) < 4.78 is 1.33. The second-order valence-electron chi connectivity index (χ2n) is 1.90. The first kappa shape index (κ1) is 6.29. The molecule has 0 saturated carbocycles. The van der Waals surface area contributed by atoms with Crippen LogP contribution in [0, 0.1) is 0 Å². The lowest BCUT2D eigenvalue weighted by molar-refractivity contribution is 0.731. The molecule has 2 aromatic heterocycles. The highest BCUT2D eigenvalue weighted by molar-refractivity contribution is 7.79. The summed E-state index contributed by atoms with van der Waals surface area (Å²) in [5.74, 6) is 0. The van der Waals surface area contributed by atoms with E-state index < -0.39 is 0 Å². The Bertz CT molecular complexity index is 394. The summed E-state index contributed by atoms with van der Waals surface area (Å²) in [6, 6.07) is 3.52. The number of hydrogen-bond donors (Lipinski definition) is 0. The Morgan fingerprint density at radius 3 is 3.18 bits per heavy atom. The van der Waals surface area contributed by atoms with Crippen molar-refractivity contribution in [2.45, 2.75) is 0 Å². The summed E-state index contributed by atoms with van der Waals surface area (Å²) in [5.41, 5.74) is 1.30. The lowest BCUT2D eigenvalue weighted by atomic mass is 10.4. The Labute approximate surface area is 67.0 Å². The molecule has 5 nitrogen and oxygen atoms in total. The van der Waals surface area contributed by atoms with E-state index in [9.17, 15) is 0 Å². The highest BCUT2D eigenvalue weighted by Crippen LogP contribution is 1.94. The SMILES string of the molecule is S=Cc1ccc2nnnn2n1. The molecule has 6 heteroatoms. The minimum absolute atomic E-state index is 0.616. The van der Waals surface area contributed by atoms with E-state index in [0.29, 0.717) is 11.3 Å². The van der Waals surface area contributed by atoms with Crippen LogP contribution in [-0.2, 0) is 0 Å². The van der Waals surface area contributed by atoms with E-state index in [1.165, 1.54) is 10.00 Å². The van der Waals surface area contributed by atoms with Gasteiger partial charge in [0.05, 0.1) is 5.69 Å². The van der Waals surface area contributed by atoms with Crippen molar-refractivity contribution in [2.75, 3.05) is 0 Å². The van der Waals surface area contributed by atoms with Crippen molar-refractivity contribution in [1.82, 2.24) is 25.3 Å². The molecular weight excluding hydrogens is 162 g/mol. The average molecular weight is 165 g/mol. The molecule has 0 radical (unpaired) electrons. The first-order valence-corrected chi connectivity index (χ1v) is 3.38. The first-order chi connectivity index (χ1) is 5.40. The van der Waals surface area contributed by atoms with Gasteiger partial charge in [0.15, 0.2) is 5.65 Å². The van der Waals surface area contributed by atoms with E-state index in [2.05, 4.69) is 32.8 Å². The normalized spacial score (nSPS) is 10.2. The maximum Gasteiger partial charge on any atom is 0.200 e. The van der Waals surface area contributed by atoms with Gasteiger partial charge in [0, 0.05) is 5.37 Å². The van der Waals surface area contributed by atoms with Gasteiger partial charge in [0.2, 0.25) is 0 Å².